The molecule has 16 heavy (non-hydrogen) atoms. The van der Waals surface area contributed by atoms with Gasteiger partial charge in [-0.05, 0) is 43.9 Å². The average molecular weight is 218 g/mol. The molecule has 0 radical (unpaired) electrons. The Bertz CT molecular complexity index is 329. The van der Waals surface area contributed by atoms with Crippen LogP contribution in [0.5, 0.6) is 0 Å². The van der Waals surface area contributed by atoms with Gasteiger partial charge >= 0.3 is 0 Å². The fraction of sp³-hybridized carbons (Fsp3) is 0.643. The number of pyridine rings is 1. The predicted molar refractivity (Wildman–Crippen MR) is 67.3 cm³/mol. The molecule has 0 aliphatic heterocycles. The van der Waals surface area contributed by atoms with Crippen molar-refractivity contribution in [1.82, 2.24) is 10.3 Å². The number of nitrogens with one attached hydrogen (secondary N) is 1. The number of hydrogen-bond donors (Lipinski definition) is 1. The summed E-state index contributed by atoms with van der Waals surface area (Å²) in [5.74, 6) is 0.794. The molecule has 1 atom stereocenters. The Morgan fingerprint density at radius 1 is 1.25 bits per heavy atom. The van der Waals surface area contributed by atoms with Crippen LogP contribution in [0.15, 0.2) is 18.5 Å². The van der Waals surface area contributed by atoms with E-state index in [-0.39, 0.29) is 0 Å². The topological polar surface area (TPSA) is 24.9 Å². The third kappa shape index (κ3) is 2.62. The first-order chi connectivity index (χ1) is 7.81. The van der Waals surface area contributed by atoms with Gasteiger partial charge in [-0.3, -0.25) is 4.98 Å². The van der Waals surface area contributed by atoms with Crippen LogP contribution in [-0.2, 0) is 0 Å². The number of hydrogen-bond acceptors (Lipinski definition) is 2. The van der Waals surface area contributed by atoms with E-state index in [1.54, 1.807) is 0 Å². The van der Waals surface area contributed by atoms with Crippen molar-refractivity contribution in [3.05, 3.63) is 29.6 Å². The molecular formula is C14H22N2. The van der Waals surface area contributed by atoms with E-state index in [4.69, 9.17) is 0 Å². The number of aryl methyl sites for hydroxylation is 1. The fourth-order valence-corrected chi connectivity index (χ4v) is 2.89. The zero-order valence-electron chi connectivity index (χ0n) is 10.4. The maximum Gasteiger partial charge on any atom is 0.0361 e. The van der Waals surface area contributed by atoms with E-state index in [2.05, 4.69) is 30.3 Å². The van der Waals surface area contributed by atoms with E-state index in [0.717, 1.165) is 5.92 Å². The highest BCUT2D eigenvalue weighted by atomic mass is 14.9. The molecule has 0 saturated heterocycles. The monoisotopic (exact) mass is 218 g/mol. The second-order valence-corrected chi connectivity index (χ2v) is 4.96. The Morgan fingerprint density at radius 3 is 2.62 bits per heavy atom. The Balaban J connectivity index is 2.14. The van der Waals surface area contributed by atoms with E-state index >= 15 is 0 Å². The van der Waals surface area contributed by atoms with Crippen LogP contribution < -0.4 is 5.32 Å². The third-order valence-electron chi connectivity index (χ3n) is 3.69. The van der Waals surface area contributed by atoms with Gasteiger partial charge in [0.15, 0.2) is 0 Å². The van der Waals surface area contributed by atoms with Crippen molar-refractivity contribution in [1.29, 1.82) is 0 Å². The highest BCUT2D eigenvalue weighted by Crippen LogP contribution is 2.34. The van der Waals surface area contributed by atoms with Gasteiger partial charge < -0.3 is 5.32 Å². The normalized spacial score (nSPS) is 19.6. The summed E-state index contributed by atoms with van der Waals surface area (Å²) in [6.45, 7) is 2.12. The Morgan fingerprint density at radius 2 is 2.00 bits per heavy atom. The first kappa shape index (κ1) is 11.6. The standard InChI is InChI=1S/C14H22N2/c1-11-8-13(10-16-9-11)14(15-2)12-6-4-3-5-7-12/h8-10,12,14-15H,3-7H2,1-2H3. The van der Waals surface area contributed by atoms with Gasteiger partial charge in [-0.2, -0.15) is 0 Å². The quantitative estimate of drug-likeness (QED) is 0.842. The van der Waals surface area contributed by atoms with E-state index in [1.165, 1.54) is 43.2 Å². The molecule has 1 unspecified atom stereocenters. The van der Waals surface area contributed by atoms with E-state index < -0.39 is 0 Å². The van der Waals surface area contributed by atoms with Crippen molar-refractivity contribution >= 4 is 0 Å². The van der Waals surface area contributed by atoms with Crippen LogP contribution in [0.1, 0.15) is 49.3 Å². The fourth-order valence-electron chi connectivity index (χ4n) is 2.89. The molecule has 88 valence electrons. The van der Waals surface area contributed by atoms with Crippen molar-refractivity contribution in [3.8, 4) is 0 Å². The lowest BCUT2D eigenvalue weighted by Gasteiger charge is -2.30. The van der Waals surface area contributed by atoms with Crippen molar-refractivity contribution in [2.24, 2.45) is 5.92 Å². The molecule has 2 nitrogen and oxygen atoms in total. The van der Waals surface area contributed by atoms with Gasteiger partial charge in [-0.15, -0.1) is 0 Å². The van der Waals surface area contributed by atoms with E-state index in [9.17, 15) is 0 Å². The third-order valence-corrected chi connectivity index (χ3v) is 3.69. The van der Waals surface area contributed by atoms with Crippen LogP contribution in [0.4, 0.5) is 0 Å². The summed E-state index contributed by atoms with van der Waals surface area (Å²) in [5, 5.41) is 3.48. The molecule has 2 heteroatoms. The van der Waals surface area contributed by atoms with Crippen molar-refractivity contribution < 1.29 is 0 Å². The van der Waals surface area contributed by atoms with E-state index in [0.29, 0.717) is 6.04 Å². The minimum Gasteiger partial charge on any atom is -0.313 e. The van der Waals surface area contributed by atoms with Gasteiger partial charge in [0.05, 0.1) is 0 Å². The molecular weight excluding hydrogens is 196 g/mol. The van der Waals surface area contributed by atoms with Crippen LogP contribution in [0, 0.1) is 12.8 Å². The molecule has 1 aromatic rings. The average Bonchev–Trinajstić information content (AvgIpc) is 2.31. The zero-order chi connectivity index (χ0) is 11.4. The second kappa shape index (κ2) is 5.44. The van der Waals surface area contributed by atoms with Crippen LogP contribution in [-0.4, -0.2) is 12.0 Å². The van der Waals surface area contributed by atoms with Gasteiger partial charge in [-0.1, -0.05) is 25.3 Å². The van der Waals surface area contributed by atoms with Crippen molar-refractivity contribution in [3.63, 3.8) is 0 Å². The maximum atomic E-state index is 4.31. The highest BCUT2D eigenvalue weighted by Gasteiger charge is 2.23. The summed E-state index contributed by atoms with van der Waals surface area (Å²) in [4.78, 5) is 4.31. The maximum absolute atomic E-state index is 4.31. The molecule has 1 N–H and O–H groups in total. The van der Waals surface area contributed by atoms with Gasteiger partial charge in [0.2, 0.25) is 0 Å². The SMILES string of the molecule is CNC(c1cncc(C)c1)C1CCCCC1. The largest absolute Gasteiger partial charge is 0.313 e. The van der Waals surface area contributed by atoms with Crippen molar-refractivity contribution in [2.45, 2.75) is 45.1 Å². The second-order valence-electron chi connectivity index (χ2n) is 4.96. The van der Waals surface area contributed by atoms with E-state index in [1.807, 2.05) is 12.4 Å². The molecule has 0 amide bonds. The summed E-state index contributed by atoms with van der Waals surface area (Å²) >= 11 is 0. The van der Waals surface area contributed by atoms with Crippen molar-refractivity contribution in [2.75, 3.05) is 7.05 Å². The Hall–Kier alpha value is -0.890. The Kier molecular flexibility index (Phi) is 3.94. The summed E-state index contributed by atoms with van der Waals surface area (Å²) in [7, 11) is 2.07. The summed E-state index contributed by atoms with van der Waals surface area (Å²) in [6, 6.07) is 2.76. The first-order valence-corrected chi connectivity index (χ1v) is 6.40. The zero-order valence-corrected chi connectivity index (χ0v) is 10.4. The van der Waals surface area contributed by atoms with Gasteiger partial charge in [-0.25, -0.2) is 0 Å². The molecule has 1 aliphatic rings. The molecule has 0 bridgehead atoms. The molecule has 1 fully saturated rings. The van der Waals surface area contributed by atoms with Crippen LogP contribution in [0.25, 0.3) is 0 Å². The lowest BCUT2D eigenvalue weighted by atomic mass is 9.81. The van der Waals surface area contributed by atoms with Gasteiger partial charge in [0, 0.05) is 18.4 Å². The lowest BCUT2D eigenvalue weighted by Crippen LogP contribution is -2.27. The Labute approximate surface area is 98.5 Å². The summed E-state index contributed by atoms with van der Waals surface area (Å²) in [5.41, 5.74) is 2.61. The van der Waals surface area contributed by atoms with Crippen LogP contribution in [0.2, 0.25) is 0 Å². The number of nitrogens with zero attached hydrogens (tertiary/aromatic N) is 1. The smallest absolute Gasteiger partial charge is 0.0361 e. The minimum absolute atomic E-state index is 0.493. The molecule has 1 aliphatic carbocycles. The molecule has 0 spiro atoms. The number of aromatic nitrogens is 1. The predicted octanol–water partition coefficient (Wildman–Crippen LogP) is 3.23. The summed E-state index contributed by atoms with van der Waals surface area (Å²) in [6.07, 6.45) is 10.9. The number of rotatable bonds is 3. The summed E-state index contributed by atoms with van der Waals surface area (Å²) < 4.78 is 0. The highest BCUT2D eigenvalue weighted by molar-refractivity contribution is 5.21. The minimum atomic E-state index is 0.493. The van der Waals surface area contributed by atoms with Crippen LogP contribution >= 0.6 is 0 Å². The molecule has 1 heterocycles. The molecule has 2 rings (SSSR count). The molecule has 1 saturated carbocycles. The first-order valence-electron chi connectivity index (χ1n) is 6.40. The molecule has 0 aromatic carbocycles. The van der Waals surface area contributed by atoms with Gasteiger partial charge in [0.1, 0.15) is 0 Å². The molecule has 1 aromatic heterocycles. The van der Waals surface area contributed by atoms with Crippen LogP contribution in [0.3, 0.4) is 0 Å². The van der Waals surface area contributed by atoms with Gasteiger partial charge in [0.25, 0.3) is 0 Å². The lowest BCUT2D eigenvalue weighted by molar-refractivity contribution is 0.281.